The molecule has 110 valence electrons. The molecule has 21 heavy (non-hydrogen) atoms. The molecule has 0 spiro atoms. The van der Waals surface area contributed by atoms with Crippen LogP contribution in [-0.4, -0.2) is 12.5 Å². The molecule has 0 fully saturated rings. The zero-order valence-corrected chi connectivity index (χ0v) is 12.2. The number of benzene rings is 2. The highest BCUT2D eigenvalue weighted by Gasteiger charge is 2.04. The van der Waals surface area contributed by atoms with Gasteiger partial charge in [-0.2, -0.15) is 0 Å². The highest BCUT2D eigenvalue weighted by Crippen LogP contribution is 2.18. The van der Waals surface area contributed by atoms with Gasteiger partial charge in [0.05, 0.1) is 6.54 Å². The fourth-order valence-corrected chi connectivity index (χ4v) is 1.96. The van der Waals surface area contributed by atoms with Gasteiger partial charge in [0.15, 0.2) is 0 Å². The van der Waals surface area contributed by atoms with E-state index in [2.05, 4.69) is 30.5 Å². The molecule has 2 aromatic carbocycles. The van der Waals surface area contributed by atoms with Crippen LogP contribution in [0.2, 0.25) is 0 Å². The molecule has 2 rings (SSSR count). The van der Waals surface area contributed by atoms with Crippen molar-refractivity contribution in [1.82, 2.24) is 0 Å². The lowest BCUT2D eigenvalue weighted by molar-refractivity contribution is -0.114. The van der Waals surface area contributed by atoms with Crippen LogP contribution in [0.4, 0.5) is 15.8 Å². The number of hydrogen-bond acceptors (Lipinski definition) is 2. The largest absolute Gasteiger partial charge is 0.376 e. The second-order valence-electron chi connectivity index (χ2n) is 5.19. The minimum atomic E-state index is -0.370. The van der Waals surface area contributed by atoms with Gasteiger partial charge in [0.25, 0.3) is 0 Å². The van der Waals surface area contributed by atoms with Crippen LogP contribution >= 0.6 is 0 Å². The van der Waals surface area contributed by atoms with Gasteiger partial charge in [0.1, 0.15) is 5.82 Å². The lowest BCUT2D eigenvalue weighted by atomic mass is 10.0. The van der Waals surface area contributed by atoms with Crippen molar-refractivity contribution in [2.45, 2.75) is 19.8 Å². The molecule has 4 heteroatoms. The van der Waals surface area contributed by atoms with Gasteiger partial charge >= 0.3 is 0 Å². The van der Waals surface area contributed by atoms with Gasteiger partial charge in [-0.25, -0.2) is 4.39 Å². The SMILES string of the molecule is CC(C)c1cccc(NCC(=O)Nc2cccc(F)c2)c1. The summed E-state index contributed by atoms with van der Waals surface area (Å²) in [4.78, 5) is 11.8. The Morgan fingerprint density at radius 3 is 2.52 bits per heavy atom. The first-order valence-corrected chi connectivity index (χ1v) is 6.94. The van der Waals surface area contributed by atoms with Gasteiger partial charge in [-0.05, 0) is 41.8 Å². The highest BCUT2D eigenvalue weighted by molar-refractivity contribution is 5.93. The van der Waals surface area contributed by atoms with Gasteiger partial charge in [0, 0.05) is 11.4 Å². The topological polar surface area (TPSA) is 41.1 Å². The molecular formula is C17H19FN2O. The van der Waals surface area contributed by atoms with E-state index in [4.69, 9.17) is 0 Å². The van der Waals surface area contributed by atoms with Gasteiger partial charge in [-0.1, -0.05) is 32.0 Å². The molecule has 0 atom stereocenters. The van der Waals surface area contributed by atoms with E-state index in [-0.39, 0.29) is 18.3 Å². The van der Waals surface area contributed by atoms with E-state index >= 15 is 0 Å². The molecule has 2 N–H and O–H groups in total. The number of halogens is 1. The Hall–Kier alpha value is -2.36. The fourth-order valence-electron chi connectivity index (χ4n) is 1.96. The maximum atomic E-state index is 13.0. The zero-order chi connectivity index (χ0) is 15.2. The summed E-state index contributed by atoms with van der Waals surface area (Å²) in [6.45, 7) is 4.38. The maximum absolute atomic E-state index is 13.0. The third-order valence-corrected chi connectivity index (χ3v) is 3.11. The molecule has 0 aliphatic carbocycles. The number of carbonyl (C=O) groups is 1. The number of amides is 1. The number of anilines is 2. The number of hydrogen-bond donors (Lipinski definition) is 2. The second-order valence-corrected chi connectivity index (χ2v) is 5.19. The third kappa shape index (κ3) is 4.60. The molecule has 0 aliphatic rings. The number of carbonyl (C=O) groups excluding carboxylic acids is 1. The Kier molecular flexibility index (Phi) is 4.93. The molecule has 0 saturated carbocycles. The van der Waals surface area contributed by atoms with Gasteiger partial charge in [-0.3, -0.25) is 4.79 Å². The van der Waals surface area contributed by atoms with Crippen LogP contribution < -0.4 is 10.6 Å². The molecule has 2 aromatic rings. The van der Waals surface area contributed by atoms with Crippen LogP contribution in [0.3, 0.4) is 0 Å². The molecule has 0 heterocycles. The number of rotatable bonds is 5. The van der Waals surface area contributed by atoms with Crippen molar-refractivity contribution in [3.63, 3.8) is 0 Å². The monoisotopic (exact) mass is 286 g/mol. The van der Waals surface area contributed by atoms with E-state index < -0.39 is 0 Å². The lowest BCUT2D eigenvalue weighted by Gasteiger charge is -2.10. The predicted molar refractivity (Wildman–Crippen MR) is 84.1 cm³/mol. The standard InChI is InChI=1S/C17H19FN2O/c1-12(2)13-5-3-7-15(9-13)19-11-17(21)20-16-8-4-6-14(18)10-16/h3-10,12,19H,11H2,1-2H3,(H,20,21). The first-order chi connectivity index (χ1) is 10.0. The summed E-state index contributed by atoms with van der Waals surface area (Å²) >= 11 is 0. The van der Waals surface area contributed by atoms with Crippen LogP contribution in [-0.2, 0) is 4.79 Å². The van der Waals surface area contributed by atoms with Crippen LogP contribution in [0.25, 0.3) is 0 Å². The van der Waals surface area contributed by atoms with Gasteiger partial charge in [-0.15, -0.1) is 0 Å². The first-order valence-electron chi connectivity index (χ1n) is 6.94. The smallest absolute Gasteiger partial charge is 0.243 e. The Balaban J connectivity index is 1.90. The van der Waals surface area contributed by atoms with Crippen LogP contribution in [0.1, 0.15) is 25.3 Å². The minimum Gasteiger partial charge on any atom is -0.376 e. The van der Waals surface area contributed by atoms with E-state index in [9.17, 15) is 9.18 Å². The Labute approximate surface area is 124 Å². The third-order valence-electron chi connectivity index (χ3n) is 3.11. The summed E-state index contributed by atoms with van der Waals surface area (Å²) in [6.07, 6.45) is 0. The zero-order valence-electron chi connectivity index (χ0n) is 12.2. The van der Waals surface area contributed by atoms with Gasteiger partial charge < -0.3 is 10.6 Å². The summed E-state index contributed by atoms with van der Waals surface area (Å²) in [5, 5.41) is 5.72. The molecule has 0 unspecified atom stereocenters. The van der Waals surface area contributed by atoms with E-state index in [0.29, 0.717) is 11.6 Å². The quantitative estimate of drug-likeness (QED) is 0.872. The summed E-state index contributed by atoms with van der Waals surface area (Å²) in [5.74, 6) is -0.145. The van der Waals surface area contributed by atoms with Crippen molar-refractivity contribution >= 4 is 17.3 Å². The summed E-state index contributed by atoms with van der Waals surface area (Å²) in [7, 11) is 0. The molecule has 0 bridgehead atoms. The molecule has 0 aliphatic heterocycles. The van der Waals surface area contributed by atoms with Crippen molar-refractivity contribution in [3.8, 4) is 0 Å². The Morgan fingerprint density at radius 1 is 1.10 bits per heavy atom. The fraction of sp³-hybridized carbons (Fsp3) is 0.235. The number of nitrogens with one attached hydrogen (secondary N) is 2. The first kappa shape index (κ1) is 15.0. The Bertz CT molecular complexity index is 626. The summed E-state index contributed by atoms with van der Waals surface area (Å²) in [5.41, 5.74) is 2.57. The lowest BCUT2D eigenvalue weighted by Crippen LogP contribution is -2.21. The predicted octanol–water partition coefficient (Wildman–Crippen LogP) is 4.00. The van der Waals surface area contributed by atoms with E-state index in [1.165, 1.54) is 17.7 Å². The summed E-state index contributed by atoms with van der Waals surface area (Å²) < 4.78 is 13.0. The molecule has 0 saturated heterocycles. The average molecular weight is 286 g/mol. The second kappa shape index (κ2) is 6.88. The molecule has 0 aromatic heterocycles. The van der Waals surface area contributed by atoms with E-state index in [1.807, 2.05) is 18.2 Å². The van der Waals surface area contributed by atoms with Crippen LogP contribution in [0.5, 0.6) is 0 Å². The maximum Gasteiger partial charge on any atom is 0.243 e. The highest BCUT2D eigenvalue weighted by atomic mass is 19.1. The average Bonchev–Trinajstić information content (AvgIpc) is 2.45. The van der Waals surface area contributed by atoms with Crippen molar-refractivity contribution in [2.24, 2.45) is 0 Å². The summed E-state index contributed by atoms with van der Waals surface area (Å²) in [6, 6.07) is 13.8. The van der Waals surface area contributed by atoms with Crippen molar-refractivity contribution in [2.75, 3.05) is 17.2 Å². The van der Waals surface area contributed by atoms with E-state index in [0.717, 1.165) is 5.69 Å². The minimum absolute atomic E-state index is 0.137. The molecule has 0 radical (unpaired) electrons. The van der Waals surface area contributed by atoms with Crippen LogP contribution in [0, 0.1) is 5.82 Å². The van der Waals surface area contributed by atoms with Crippen molar-refractivity contribution in [1.29, 1.82) is 0 Å². The van der Waals surface area contributed by atoms with Gasteiger partial charge in [0.2, 0.25) is 5.91 Å². The molecule has 3 nitrogen and oxygen atoms in total. The molecular weight excluding hydrogens is 267 g/mol. The van der Waals surface area contributed by atoms with Crippen molar-refractivity contribution in [3.05, 3.63) is 59.9 Å². The van der Waals surface area contributed by atoms with Crippen molar-refractivity contribution < 1.29 is 9.18 Å². The molecule has 1 amide bonds. The Morgan fingerprint density at radius 2 is 1.81 bits per heavy atom. The van der Waals surface area contributed by atoms with Crippen LogP contribution in [0.15, 0.2) is 48.5 Å². The van der Waals surface area contributed by atoms with E-state index in [1.54, 1.807) is 12.1 Å². The normalized spacial score (nSPS) is 10.5.